The van der Waals surface area contributed by atoms with Crippen LogP contribution in [0.25, 0.3) is 0 Å². The zero-order valence-corrected chi connectivity index (χ0v) is 15.4. The molecular formula is C15H22N2O6Se. The second kappa shape index (κ2) is 7.95. The van der Waals surface area contributed by atoms with E-state index in [-0.39, 0.29) is 12.2 Å². The number of hydrogen-bond donors (Lipinski definition) is 1. The Labute approximate surface area is 145 Å². The first-order valence-electron chi connectivity index (χ1n) is 8.02. The average Bonchev–Trinajstić information content (AvgIpc) is 3.11. The number of unbranched alkanes of at least 4 members (excludes halogenated alkanes) is 1. The van der Waals surface area contributed by atoms with E-state index in [1.54, 1.807) is 0 Å². The van der Waals surface area contributed by atoms with Crippen molar-refractivity contribution in [1.29, 1.82) is 0 Å². The van der Waals surface area contributed by atoms with Crippen LogP contribution < -0.4 is 11.2 Å². The van der Waals surface area contributed by atoms with Crippen molar-refractivity contribution in [1.82, 2.24) is 9.55 Å². The molecule has 134 valence electrons. The van der Waals surface area contributed by atoms with E-state index >= 15 is 0 Å². The second-order valence-electron chi connectivity index (χ2n) is 5.74. The fourth-order valence-electron chi connectivity index (χ4n) is 2.85. The molecule has 0 saturated carbocycles. The molecule has 2 aliphatic heterocycles. The van der Waals surface area contributed by atoms with Crippen molar-refractivity contribution in [3.8, 4) is 0 Å². The SMILES string of the molecule is CCCC[Se]C[C@H]1O[C@@H](n2ccc(=O)[nH]c2=O)[C@@H]2OC(OC)O[C@@H]21. The number of hydrogen-bond acceptors (Lipinski definition) is 6. The van der Waals surface area contributed by atoms with Crippen LogP contribution >= 0.6 is 0 Å². The summed E-state index contributed by atoms with van der Waals surface area (Å²) in [5.41, 5.74) is -0.962. The van der Waals surface area contributed by atoms with E-state index in [1.165, 1.54) is 42.1 Å². The van der Waals surface area contributed by atoms with Gasteiger partial charge in [-0.05, 0) is 0 Å². The molecule has 8 nitrogen and oxygen atoms in total. The number of fused-ring (bicyclic) bond motifs is 1. The van der Waals surface area contributed by atoms with Crippen LogP contribution in [-0.2, 0) is 18.9 Å². The molecule has 2 fully saturated rings. The van der Waals surface area contributed by atoms with Crippen LogP contribution in [0.4, 0.5) is 0 Å². The summed E-state index contributed by atoms with van der Waals surface area (Å²) >= 11 is 0.449. The Hall–Kier alpha value is -0.961. The van der Waals surface area contributed by atoms with Gasteiger partial charge in [0.15, 0.2) is 0 Å². The van der Waals surface area contributed by atoms with Crippen LogP contribution in [0.5, 0.6) is 0 Å². The topological polar surface area (TPSA) is 91.8 Å². The van der Waals surface area contributed by atoms with Gasteiger partial charge in [-0.15, -0.1) is 0 Å². The molecule has 0 bridgehead atoms. The van der Waals surface area contributed by atoms with Gasteiger partial charge in [-0.1, -0.05) is 0 Å². The van der Waals surface area contributed by atoms with Crippen LogP contribution in [0.15, 0.2) is 21.9 Å². The first-order chi connectivity index (χ1) is 11.6. The van der Waals surface area contributed by atoms with Crippen molar-refractivity contribution in [2.45, 2.75) is 61.4 Å². The van der Waals surface area contributed by atoms with Crippen LogP contribution in [-0.4, -0.2) is 56.4 Å². The molecule has 3 rings (SSSR count). The number of nitrogens with zero attached hydrogens (tertiary/aromatic N) is 1. The van der Waals surface area contributed by atoms with Crippen LogP contribution in [0, 0.1) is 0 Å². The minimum atomic E-state index is -0.754. The monoisotopic (exact) mass is 406 g/mol. The Kier molecular flexibility index (Phi) is 5.91. The van der Waals surface area contributed by atoms with Gasteiger partial charge in [-0.2, -0.15) is 0 Å². The number of H-pyrrole nitrogens is 1. The second-order valence-corrected chi connectivity index (χ2v) is 8.15. The molecule has 1 N–H and O–H groups in total. The van der Waals surface area contributed by atoms with Gasteiger partial charge in [0.05, 0.1) is 0 Å². The molecule has 0 aromatic carbocycles. The molecule has 9 heteroatoms. The van der Waals surface area contributed by atoms with E-state index in [4.69, 9.17) is 18.9 Å². The van der Waals surface area contributed by atoms with Gasteiger partial charge >= 0.3 is 145 Å². The molecule has 1 aromatic rings. The quantitative estimate of drug-likeness (QED) is 0.525. The van der Waals surface area contributed by atoms with Crippen molar-refractivity contribution < 1.29 is 18.9 Å². The average molecular weight is 405 g/mol. The summed E-state index contributed by atoms with van der Waals surface area (Å²) in [5.74, 6) is 0. The summed E-state index contributed by atoms with van der Waals surface area (Å²) in [5, 5.41) is 2.08. The Morgan fingerprint density at radius 3 is 2.79 bits per heavy atom. The maximum atomic E-state index is 12.1. The molecule has 1 aromatic heterocycles. The molecule has 2 saturated heterocycles. The number of methoxy groups -OCH3 is 1. The number of aromatic nitrogens is 2. The van der Waals surface area contributed by atoms with E-state index in [9.17, 15) is 9.59 Å². The van der Waals surface area contributed by atoms with E-state index in [2.05, 4.69) is 11.9 Å². The molecule has 2 aliphatic rings. The summed E-state index contributed by atoms with van der Waals surface area (Å²) in [4.78, 5) is 25.6. The Balaban J connectivity index is 1.77. The maximum absolute atomic E-state index is 12.1. The number of ether oxygens (including phenoxy) is 4. The number of nitrogens with one attached hydrogen (secondary N) is 1. The minimum absolute atomic E-state index is 0.143. The first kappa shape index (κ1) is 17.8. The van der Waals surface area contributed by atoms with Crippen molar-refractivity contribution in [2.24, 2.45) is 0 Å². The summed E-state index contributed by atoms with van der Waals surface area (Å²) in [6, 6.07) is 1.29. The predicted octanol–water partition coefficient (Wildman–Crippen LogP) is 0.489. The Morgan fingerprint density at radius 1 is 1.29 bits per heavy atom. The van der Waals surface area contributed by atoms with Crippen molar-refractivity contribution >= 4 is 15.0 Å². The summed E-state index contributed by atoms with van der Waals surface area (Å²) < 4.78 is 24.0. The molecule has 0 aliphatic carbocycles. The third-order valence-electron chi connectivity index (χ3n) is 4.06. The zero-order chi connectivity index (χ0) is 17.1. The van der Waals surface area contributed by atoms with E-state index in [0.717, 1.165) is 5.32 Å². The van der Waals surface area contributed by atoms with Gasteiger partial charge in [0, 0.05) is 0 Å². The molecule has 3 heterocycles. The van der Waals surface area contributed by atoms with Gasteiger partial charge < -0.3 is 0 Å². The molecule has 24 heavy (non-hydrogen) atoms. The van der Waals surface area contributed by atoms with Crippen molar-refractivity contribution in [3.63, 3.8) is 0 Å². The van der Waals surface area contributed by atoms with Gasteiger partial charge in [-0.3, -0.25) is 0 Å². The van der Waals surface area contributed by atoms with Gasteiger partial charge in [-0.25, -0.2) is 0 Å². The third kappa shape index (κ3) is 3.66. The fraction of sp³-hybridized carbons (Fsp3) is 0.733. The van der Waals surface area contributed by atoms with Crippen molar-refractivity contribution in [3.05, 3.63) is 33.1 Å². The number of rotatable bonds is 7. The molecular weight excluding hydrogens is 383 g/mol. The van der Waals surface area contributed by atoms with Gasteiger partial charge in [0.2, 0.25) is 0 Å². The normalized spacial score (nSPS) is 32.2. The molecule has 5 atom stereocenters. The number of aromatic amines is 1. The fourth-order valence-corrected chi connectivity index (χ4v) is 5.28. The van der Waals surface area contributed by atoms with E-state index in [1.807, 2.05) is 0 Å². The van der Waals surface area contributed by atoms with Crippen LogP contribution in [0.3, 0.4) is 0 Å². The molecule has 0 radical (unpaired) electrons. The predicted molar refractivity (Wildman–Crippen MR) is 86.1 cm³/mol. The Bertz CT molecular complexity index is 662. The molecule has 0 amide bonds. The first-order valence-corrected chi connectivity index (χ1v) is 10.4. The van der Waals surface area contributed by atoms with E-state index < -0.39 is 30.1 Å². The van der Waals surface area contributed by atoms with E-state index in [0.29, 0.717) is 15.0 Å². The van der Waals surface area contributed by atoms with Crippen LogP contribution in [0.2, 0.25) is 10.6 Å². The summed E-state index contributed by atoms with van der Waals surface area (Å²) in [6.07, 6.45) is 2.33. The zero-order valence-electron chi connectivity index (χ0n) is 13.7. The molecule has 1 unspecified atom stereocenters. The van der Waals surface area contributed by atoms with Crippen molar-refractivity contribution in [2.75, 3.05) is 7.11 Å². The Morgan fingerprint density at radius 2 is 2.08 bits per heavy atom. The standard InChI is InChI=1S/C15H22N2O6Se/c1-3-4-7-24-8-9-11-12(23-15(20-2)22-11)13(21-9)17-6-5-10(18)16-14(17)19/h5-6,9,11-13,15H,3-4,7-8H2,1-2H3,(H,16,18,19)/t9-,11-,12-,13-,15?/m1/s1. The van der Waals surface area contributed by atoms with Gasteiger partial charge in [0.25, 0.3) is 0 Å². The summed E-state index contributed by atoms with van der Waals surface area (Å²) in [6.45, 7) is 1.42. The van der Waals surface area contributed by atoms with Crippen LogP contribution in [0.1, 0.15) is 26.0 Å². The molecule has 0 spiro atoms. The van der Waals surface area contributed by atoms with Gasteiger partial charge in [0.1, 0.15) is 0 Å². The third-order valence-corrected chi connectivity index (χ3v) is 6.46. The summed E-state index contributed by atoms with van der Waals surface area (Å²) in [7, 11) is 1.51.